The number of rotatable bonds is 6. The van der Waals surface area contributed by atoms with Crippen molar-refractivity contribution in [1.82, 2.24) is 4.72 Å². The normalized spacial score (nSPS) is 13.6. The van der Waals surface area contributed by atoms with Gasteiger partial charge >= 0.3 is 0 Å². The van der Waals surface area contributed by atoms with Crippen LogP contribution in [0.3, 0.4) is 0 Å². The highest BCUT2D eigenvalue weighted by Gasteiger charge is 2.13. The van der Waals surface area contributed by atoms with Gasteiger partial charge in [-0.15, -0.1) is 0 Å². The first kappa shape index (κ1) is 14.5. The van der Waals surface area contributed by atoms with E-state index in [1.54, 1.807) is 36.0 Å². The topological polar surface area (TPSA) is 72.2 Å². The number of sulfonamides is 1. The van der Waals surface area contributed by atoms with E-state index in [2.05, 4.69) is 4.72 Å². The number of nitrogens with one attached hydrogen (secondary N) is 1. The number of hydrogen-bond acceptors (Lipinski definition) is 4. The summed E-state index contributed by atoms with van der Waals surface area (Å²) in [5, 5.41) is 0. The van der Waals surface area contributed by atoms with Crippen LogP contribution in [0.25, 0.3) is 0 Å². The van der Waals surface area contributed by atoms with Crippen LogP contribution in [-0.4, -0.2) is 27.0 Å². The SMILES string of the molecule is CSCCNS(=O)(=O)c1ccc(C(C)N)cc1. The third-order valence-electron chi connectivity index (χ3n) is 2.31. The predicted octanol–water partition coefficient (Wildman–Crippen LogP) is 1.35. The van der Waals surface area contributed by atoms with Gasteiger partial charge in [0.25, 0.3) is 0 Å². The van der Waals surface area contributed by atoms with Crippen LogP contribution >= 0.6 is 11.8 Å². The largest absolute Gasteiger partial charge is 0.324 e. The van der Waals surface area contributed by atoms with Gasteiger partial charge in [-0.2, -0.15) is 11.8 Å². The molecule has 0 aliphatic carbocycles. The number of benzene rings is 1. The zero-order chi connectivity index (χ0) is 12.9. The summed E-state index contributed by atoms with van der Waals surface area (Å²) >= 11 is 1.60. The first-order valence-corrected chi connectivity index (χ1v) is 8.19. The average Bonchev–Trinajstić information content (AvgIpc) is 2.29. The maximum atomic E-state index is 11.8. The number of nitrogens with two attached hydrogens (primary N) is 1. The molecule has 0 heterocycles. The number of hydrogen-bond donors (Lipinski definition) is 2. The fraction of sp³-hybridized carbons (Fsp3) is 0.455. The lowest BCUT2D eigenvalue weighted by Gasteiger charge is -2.08. The molecule has 1 aromatic rings. The van der Waals surface area contributed by atoms with E-state index in [9.17, 15) is 8.42 Å². The Hall–Kier alpha value is -0.560. The molecule has 0 aliphatic heterocycles. The maximum absolute atomic E-state index is 11.8. The van der Waals surface area contributed by atoms with Gasteiger partial charge in [-0.1, -0.05) is 12.1 Å². The van der Waals surface area contributed by atoms with Crippen LogP contribution in [0.2, 0.25) is 0 Å². The molecule has 3 N–H and O–H groups in total. The fourth-order valence-corrected chi connectivity index (χ4v) is 2.78. The van der Waals surface area contributed by atoms with Gasteiger partial charge in [0.15, 0.2) is 0 Å². The lowest BCUT2D eigenvalue weighted by molar-refractivity contribution is 0.584. The van der Waals surface area contributed by atoms with Gasteiger partial charge in [-0.25, -0.2) is 13.1 Å². The van der Waals surface area contributed by atoms with Crippen LogP contribution in [0.5, 0.6) is 0 Å². The van der Waals surface area contributed by atoms with E-state index in [-0.39, 0.29) is 10.9 Å². The van der Waals surface area contributed by atoms with Crippen molar-refractivity contribution >= 4 is 21.8 Å². The standard InChI is InChI=1S/C11H18N2O2S2/c1-9(12)10-3-5-11(6-4-10)17(14,15)13-7-8-16-2/h3-6,9,13H,7-8,12H2,1-2H3. The maximum Gasteiger partial charge on any atom is 0.240 e. The van der Waals surface area contributed by atoms with Crippen molar-refractivity contribution in [2.45, 2.75) is 17.9 Å². The molecule has 0 saturated heterocycles. The van der Waals surface area contributed by atoms with Crippen molar-refractivity contribution in [3.05, 3.63) is 29.8 Å². The quantitative estimate of drug-likeness (QED) is 0.768. The molecule has 0 amide bonds. The monoisotopic (exact) mass is 274 g/mol. The van der Waals surface area contributed by atoms with Crippen molar-refractivity contribution < 1.29 is 8.42 Å². The third-order valence-corrected chi connectivity index (χ3v) is 4.40. The van der Waals surface area contributed by atoms with E-state index in [0.717, 1.165) is 11.3 Å². The molecule has 0 saturated carbocycles. The Morgan fingerprint density at radius 1 is 1.35 bits per heavy atom. The minimum atomic E-state index is -3.38. The second kappa shape index (κ2) is 6.39. The summed E-state index contributed by atoms with van der Waals surface area (Å²) < 4.78 is 26.2. The van der Waals surface area contributed by atoms with Gasteiger partial charge in [-0.05, 0) is 30.9 Å². The zero-order valence-electron chi connectivity index (χ0n) is 10.0. The average molecular weight is 274 g/mol. The van der Waals surface area contributed by atoms with Gasteiger partial charge in [0.1, 0.15) is 0 Å². The molecule has 0 spiro atoms. The Morgan fingerprint density at radius 3 is 2.41 bits per heavy atom. The first-order valence-electron chi connectivity index (χ1n) is 5.31. The lowest BCUT2D eigenvalue weighted by atomic mass is 10.1. The van der Waals surface area contributed by atoms with Crippen molar-refractivity contribution in [2.24, 2.45) is 5.73 Å². The van der Waals surface area contributed by atoms with Gasteiger partial charge in [0.2, 0.25) is 10.0 Å². The molecule has 1 atom stereocenters. The molecule has 1 unspecified atom stereocenters. The molecule has 0 fully saturated rings. The van der Waals surface area contributed by atoms with E-state index >= 15 is 0 Å². The van der Waals surface area contributed by atoms with Crippen LogP contribution in [0.4, 0.5) is 0 Å². The van der Waals surface area contributed by atoms with Crippen LogP contribution < -0.4 is 10.5 Å². The van der Waals surface area contributed by atoms with Crippen LogP contribution in [0.1, 0.15) is 18.5 Å². The molecule has 0 bridgehead atoms. The zero-order valence-corrected chi connectivity index (χ0v) is 11.6. The highest BCUT2D eigenvalue weighted by molar-refractivity contribution is 7.98. The second-order valence-electron chi connectivity index (χ2n) is 3.75. The van der Waals surface area contributed by atoms with Gasteiger partial charge < -0.3 is 5.73 Å². The van der Waals surface area contributed by atoms with Gasteiger partial charge in [0, 0.05) is 18.3 Å². The Kier molecular flexibility index (Phi) is 5.45. The lowest BCUT2D eigenvalue weighted by Crippen LogP contribution is -2.26. The Labute approximate surface area is 107 Å². The van der Waals surface area contributed by atoms with E-state index in [1.165, 1.54) is 0 Å². The highest BCUT2D eigenvalue weighted by atomic mass is 32.2. The molecule has 6 heteroatoms. The summed E-state index contributed by atoms with van der Waals surface area (Å²) in [6, 6.07) is 6.57. The van der Waals surface area contributed by atoms with Gasteiger partial charge in [0.05, 0.1) is 4.90 Å². The smallest absolute Gasteiger partial charge is 0.240 e. The molecular weight excluding hydrogens is 256 g/mol. The van der Waals surface area contributed by atoms with Crippen LogP contribution in [0, 0.1) is 0 Å². The van der Waals surface area contributed by atoms with E-state index in [0.29, 0.717) is 6.54 Å². The molecule has 1 aromatic carbocycles. The van der Waals surface area contributed by atoms with E-state index in [1.807, 2.05) is 13.2 Å². The number of thioether (sulfide) groups is 1. The van der Waals surface area contributed by atoms with E-state index < -0.39 is 10.0 Å². The third kappa shape index (κ3) is 4.31. The summed E-state index contributed by atoms with van der Waals surface area (Å²) in [5.74, 6) is 0.761. The Morgan fingerprint density at radius 2 is 1.94 bits per heavy atom. The Balaban J connectivity index is 2.78. The molecule has 0 aromatic heterocycles. The van der Waals surface area contributed by atoms with Crippen molar-refractivity contribution in [3.63, 3.8) is 0 Å². The first-order chi connectivity index (χ1) is 7.97. The second-order valence-corrected chi connectivity index (χ2v) is 6.50. The van der Waals surface area contributed by atoms with Crippen molar-refractivity contribution in [3.8, 4) is 0 Å². The molecule has 17 heavy (non-hydrogen) atoms. The van der Waals surface area contributed by atoms with Gasteiger partial charge in [-0.3, -0.25) is 0 Å². The molecule has 0 aliphatic rings. The summed E-state index contributed by atoms with van der Waals surface area (Å²) in [7, 11) is -3.38. The van der Waals surface area contributed by atoms with Crippen molar-refractivity contribution in [2.75, 3.05) is 18.6 Å². The molecule has 96 valence electrons. The summed E-state index contributed by atoms with van der Waals surface area (Å²) in [6.45, 7) is 2.30. The summed E-state index contributed by atoms with van der Waals surface area (Å²) in [4.78, 5) is 0.281. The molecule has 1 rings (SSSR count). The summed E-state index contributed by atoms with van der Waals surface area (Å²) in [6.07, 6.45) is 1.94. The minimum Gasteiger partial charge on any atom is -0.324 e. The van der Waals surface area contributed by atoms with E-state index in [4.69, 9.17) is 5.73 Å². The highest BCUT2D eigenvalue weighted by Crippen LogP contribution is 2.14. The van der Waals surface area contributed by atoms with Crippen LogP contribution in [-0.2, 0) is 10.0 Å². The molecular formula is C11H18N2O2S2. The minimum absolute atomic E-state index is 0.0868. The Bertz CT molecular complexity index is 441. The van der Waals surface area contributed by atoms with Crippen LogP contribution in [0.15, 0.2) is 29.2 Å². The fourth-order valence-electron chi connectivity index (χ4n) is 1.31. The molecule has 4 nitrogen and oxygen atoms in total. The predicted molar refractivity (Wildman–Crippen MR) is 72.6 cm³/mol. The molecule has 0 radical (unpaired) electrons. The summed E-state index contributed by atoms with van der Waals surface area (Å²) in [5.41, 5.74) is 6.63. The van der Waals surface area contributed by atoms with Crippen molar-refractivity contribution in [1.29, 1.82) is 0 Å².